The summed E-state index contributed by atoms with van der Waals surface area (Å²) in [4.78, 5) is 42.0. The zero-order valence-electron chi connectivity index (χ0n) is 20.4. The van der Waals surface area contributed by atoms with Crippen molar-refractivity contribution < 1.29 is 34.1 Å². The molecule has 36 heavy (non-hydrogen) atoms. The number of methoxy groups -OCH3 is 1. The molecule has 2 aromatic carbocycles. The van der Waals surface area contributed by atoms with Crippen molar-refractivity contribution >= 4 is 23.4 Å². The van der Waals surface area contributed by atoms with Crippen molar-refractivity contribution in [3.63, 3.8) is 0 Å². The lowest BCUT2D eigenvalue weighted by atomic mass is 9.94. The number of carbonyl (C=O) groups excluding carboxylic acids is 3. The number of benzene rings is 2. The van der Waals surface area contributed by atoms with Gasteiger partial charge in [-0.3, -0.25) is 14.5 Å². The van der Waals surface area contributed by atoms with E-state index in [1.165, 1.54) is 18.1 Å². The first kappa shape index (κ1) is 25.4. The van der Waals surface area contributed by atoms with Gasteiger partial charge in [0.2, 0.25) is 0 Å². The molecule has 9 heteroatoms. The van der Waals surface area contributed by atoms with Gasteiger partial charge in [-0.1, -0.05) is 23.8 Å². The minimum Gasteiger partial charge on any atom is -0.507 e. The number of carbonyl (C=O) groups is 3. The molecule has 0 aliphatic carbocycles. The molecular weight excluding hydrogens is 464 g/mol. The smallest absolute Gasteiger partial charge is 0.337 e. The molecule has 0 aromatic heterocycles. The number of ketones is 1. The summed E-state index contributed by atoms with van der Waals surface area (Å²) in [5.74, 6) is -2.68. The number of rotatable bonds is 7. The Kier molecular flexibility index (Phi) is 7.71. The van der Waals surface area contributed by atoms with Gasteiger partial charge in [0.1, 0.15) is 11.5 Å². The van der Waals surface area contributed by atoms with Gasteiger partial charge >= 0.3 is 5.97 Å². The summed E-state index contributed by atoms with van der Waals surface area (Å²) in [6, 6.07) is 10.2. The highest BCUT2D eigenvalue weighted by Crippen LogP contribution is 2.41. The van der Waals surface area contributed by atoms with Crippen molar-refractivity contribution in [3.8, 4) is 5.75 Å². The number of hydrogen-bond acceptors (Lipinski definition) is 8. The van der Waals surface area contributed by atoms with Gasteiger partial charge in [0, 0.05) is 26.2 Å². The molecule has 2 fully saturated rings. The lowest BCUT2D eigenvalue weighted by Crippen LogP contribution is -2.39. The summed E-state index contributed by atoms with van der Waals surface area (Å²) >= 11 is 0. The second-order valence-corrected chi connectivity index (χ2v) is 8.93. The third-order valence-corrected chi connectivity index (χ3v) is 6.57. The summed E-state index contributed by atoms with van der Waals surface area (Å²) in [6.07, 6.45) is 0.625. The molecule has 1 amide bonds. The lowest BCUT2D eigenvalue weighted by molar-refractivity contribution is -0.140. The van der Waals surface area contributed by atoms with E-state index in [0.717, 1.165) is 25.2 Å². The van der Waals surface area contributed by atoms with Crippen molar-refractivity contribution in [1.29, 1.82) is 0 Å². The molecule has 2 aromatic rings. The van der Waals surface area contributed by atoms with Gasteiger partial charge in [-0.05, 0) is 43.2 Å². The highest BCUT2D eigenvalue weighted by atomic mass is 16.5. The van der Waals surface area contributed by atoms with Crippen LogP contribution < -0.4 is 0 Å². The highest BCUT2D eigenvalue weighted by Gasteiger charge is 2.46. The molecule has 2 saturated heterocycles. The number of nitrogens with zero attached hydrogens (tertiary/aromatic N) is 2. The minimum absolute atomic E-state index is 0.0810. The number of phenols is 1. The molecule has 2 aliphatic rings. The number of morpholine rings is 1. The van der Waals surface area contributed by atoms with Gasteiger partial charge in [-0.25, -0.2) is 4.79 Å². The van der Waals surface area contributed by atoms with Crippen molar-refractivity contribution in [3.05, 3.63) is 70.3 Å². The van der Waals surface area contributed by atoms with Crippen LogP contribution in [-0.4, -0.2) is 84.2 Å². The molecular formula is C27H30N2O7. The van der Waals surface area contributed by atoms with Crippen LogP contribution in [0.5, 0.6) is 5.75 Å². The fourth-order valence-corrected chi connectivity index (χ4v) is 4.65. The second-order valence-electron chi connectivity index (χ2n) is 8.93. The van der Waals surface area contributed by atoms with Crippen molar-refractivity contribution in [2.24, 2.45) is 0 Å². The van der Waals surface area contributed by atoms with E-state index in [4.69, 9.17) is 9.47 Å². The number of aliphatic hydroxyl groups excluding tert-OH is 1. The quantitative estimate of drug-likeness (QED) is 0.261. The molecule has 190 valence electrons. The number of phenolic OH excluding ortho intramolecular Hbond substituents is 1. The number of aromatic hydroxyl groups is 1. The predicted octanol–water partition coefficient (Wildman–Crippen LogP) is 2.63. The zero-order valence-corrected chi connectivity index (χ0v) is 20.4. The Balaban J connectivity index is 1.72. The minimum atomic E-state index is -0.874. The summed E-state index contributed by atoms with van der Waals surface area (Å²) in [5, 5.41) is 21.6. The summed E-state index contributed by atoms with van der Waals surface area (Å²) < 4.78 is 10.1. The molecule has 2 aliphatic heterocycles. The molecule has 2 heterocycles. The number of esters is 1. The van der Waals surface area contributed by atoms with Crippen LogP contribution in [0.3, 0.4) is 0 Å². The zero-order chi connectivity index (χ0) is 25.8. The highest BCUT2D eigenvalue weighted by molar-refractivity contribution is 6.46. The number of likely N-dealkylation sites (tertiary alicyclic amines) is 1. The first-order valence-electron chi connectivity index (χ1n) is 11.9. The lowest BCUT2D eigenvalue weighted by Gasteiger charge is -2.29. The average molecular weight is 495 g/mol. The van der Waals surface area contributed by atoms with Gasteiger partial charge in [0.05, 0.1) is 43.1 Å². The largest absolute Gasteiger partial charge is 0.507 e. The first-order chi connectivity index (χ1) is 17.3. The molecule has 9 nitrogen and oxygen atoms in total. The van der Waals surface area contributed by atoms with Crippen LogP contribution in [0.25, 0.3) is 5.76 Å². The Labute approximate surface area is 209 Å². The van der Waals surface area contributed by atoms with Crippen molar-refractivity contribution in [2.45, 2.75) is 19.4 Å². The molecule has 0 bridgehead atoms. The van der Waals surface area contributed by atoms with E-state index in [1.807, 2.05) is 0 Å². The van der Waals surface area contributed by atoms with Crippen LogP contribution in [0, 0.1) is 6.92 Å². The fraction of sp³-hybridized carbons (Fsp3) is 0.370. The van der Waals surface area contributed by atoms with Crippen LogP contribution >= 0.6 is 0 Å². The molecule has 0 spiro atoms. The van der Waals surface area contributed by atoms with Gasteiger partial charge < -0.3 is 24.6 Å². The number of aryl methyl sites for hydroxylation is 1. The van der Waals surface area contributed by atoms with E-state index in [9.17, 15) is 24.6 Å². The molecule has 0 radical (unpaired) electrons. The van der Waals surface area contributed by atoms with E-state index in [1.54, 1.807) is 43.3 Å². The Bertz CT molecular complexity index is 1180. The molecule has 4 rings (SSSR count). The molecule has 1 atom stereocenters. The van der Waals surface area contributed by atoms with E-state index in [2.05, 4.69) is 4.90 Å². The van der Waals surface area contributed by atoms with Crippen LogP contribution in [-0.2, 0) is 19.1 Å². The van der Waals surface area contributed by atoms with Crippen LogP contribution in [0.1, 0.15) is 39.5 Å². The van der Waals surface area contributed by atoms with E-state index < -0.39 is 29.5 Å². The Hall–Kier alpha value is -3.69. The Morgan fingerprint density at radius 1 is 1.08 bits per heavy atom. The van der Waals surface area contributed by atoms with Crippen molar-refractivity contribution in [1.82, 2.24) is 9.80 Å². The molecule has 0 unspecified atom stereocenters. The summed E-state index contributed by atoms with van der Waals surface area (Å²) in [5.41, 5.74) is 1.63. The van der Waals surface area contributed by atoms with Gasteiger partial charge in [0.15, 0.2) is 0 Å². The normalized spacial score (nSPS) is 20.1. The van der Waals surface area contributed by atoms with Gasteiger partial charge in [-0.2, -0.15) is 0 Å². The Morgan fingerprint density at radius 3 is 2.44 bits per heavy atom. The average Bonchev–Trinajstić information content (AvgIpc) is 3.15. The van der Waals surface area contributed by atoms with Crippen LogP contribution in [0.15, 0.2) is 48.0 Å². The van der Waals surface area contributed by atoms with E-state index in [0.29, 0.717) is 37.3 Å². The number of Topliss-reactive ketones (excluding diaryl/α,β-unsaturated/α-hetero) is 1. The van der Waals surface area contributed by atoms with Crippen LogP contribution in [0.2, 0.25) is 0 Å². The monoisotopic (exact) mass is 494 g/mol. The number of amides is 1. The van der Waals surface area contributed by atoms with Crippen molar-refractivity contribution in [2.75, 3.05) is 46.5 Å². The van der Waals surface area contributed by atoms with Gasteiger partial charge in [0.25, 0.3) is 11.7 Å². The first-order valence-corrected chi connectivity index (χ1v) is 11.9. The fourth-order valence-electron chi connectivity index (χ4n) is 4.65. The van der Waals surface area contributed by atoms with Crippen LogP contribution in [0.4, 0.5) is 0 Å². The standard InChI is InChI=1S/C27H30N2O7/c1-17-4-9-21(30)20(16-17)24(31)22-23(18-5-7-19(8-6-18)27(34)35-2)29(26(33)25(22)32)11-3-10-28-12-14-36-15-13-28/h4-9,16,23,30-31H,3,10-15H2,1-2H3/t23-/m1/s1. The number of ether oxygens (including phenoxy) is 2. The Morgan fingerprint density at radius 2 is 1.78 bits per heavy atom. The maximum Gasteiger partial charge on any atom is 0.337 e. The summed E-state index contributed by atoms with van der Waals surface area (Å²) in [6.45, 7) is 5.77. The van der Waals surface area contributed by atoms with Gasteiger partial charge in [-0.15, -0.1) is 0 Å². The predicted molar refractivity (Wildman–Crippen MR) is 132 cm³/mol. The second kappa shape index (κ2) is 10.9. The third-order valence-electron chi connectivity index (χ3n) is 6.57. The third kappa shape index (κ3) is 5.12. The van der Waals surface area contributed by atoms with E-state index >= 15 is 0 Å². The SMILES string of the molecule is COC(=O)c1ccc([C@@H]2C(=C(O)c3cc(C)ccc3O)C(=O)C(=O)N2CCCN2CCOCC2)cc1. The number of aliphatic hydroxyl groups is 1. The molecule has 2 N–H and O–H groups in total. The summed E-state index contributed by atoms with van der Waals surface area (Å²) in [7, 11) is 1.29. The molecule has 0 saturated carbocycles. The maximum atomic E-state index is 13.2. The topological polar surface area (TPSA) is 117 Å². The maximum absolute atomic E-state index is 13.2. The van der Waals surface area contributed by atoms with E-state index in [-0.39, 0.29) is 16.9 Å². The number of hydrogen-bond donors (Lipinski definition) is 2.